The van der Waals surface area contributed by atoms with Gasteiger partial charge in [-0.15, -0.1) is 0 Å². The molecule has 2 aliphatic rings. The molecule has 2 saturated heterocycles. The van der Waals surface area contributed by atoms with Gasteiger partial charge in [0.2, 0.25) is 5.91 Å². The van der Waals surface area contributed by atoms with Gasteiger partial charge in [0.25, 0.3) is 0 Å². The van der Waals surface area contributed by atoms with Crippen LogP contribution in [0.2, 0.25) is 0 Å². The van der Waals surface area contributed by atoms with Crippen molar-refractivity contribution in [2.75, 3.05) is 32.7 Å². The highest BCUT2D eigenvalue weighted by molar-refractivity contribution is 7.07. The number of likely N-dealkylation sites (tertiary alicyclic amines) is 1. The quantitative estimate of drug-likeness (QED) is 0.847. The molecule has 23 heavy (non-hydrogen) atoms. The monoisotopic (exact) mass is 336 g/mol. The molecule has 3 heterocycles. The number of carbonyl (C=O) groups excluding carboxylic acids is 1. The Hall–Kier alpha value is -0.910. The molecule has 0 aliphatic carbocycles. The van der Waals surface area contributed by atoms with Crippen LogP contribution >= 0.6 is 11.3 Å². The van der Waals surface area contributed by atoms with Gasteiger partial charge in [-0.25, -0.2) is 0 Å². The molecular weight excluding hydrogens is 308 g/mol. The van der Waals surface area contributed by atoms with Gasteiger partial charge < -0.3 is 9.64 Å². The minimum absolute atomic E-state index is 0.287. The topological polar surface area (TPSA) is 32.8 Å². The Morgan fingerprint density at radius 3 is 2.57 bits per heavy atom. The standard InChI is InChI=1S/C18H28N2O2S/c1-14-10-19(11-15(2)22-14)12-16-3-6-20(7-4-16)18(21)9-17-5-8-23-13-17/h5,8,13-16H,3-4,6-7,9-12H2,1-2H3. The van der Waals surface area contributed by atoms with Crippen molar-refractivity contribution in [1.82, 2.24) is 9.80 Å². The lowest BCUT2D eigenvalue weighted by Gasteiger charge is -2.39. The van der Waals surface area contributed by atoms with Gasteiger partial charge in [-0.2, -0.15) is 11.3 Å². The normalized spacial score (nSPS) is 27.3. The molecule has 3 rings (SSSR count). The SMILES string of the molecule is CC1CN(CC2CCN(C(=O)Cc3ccsc3)CC2)CC(C)O1. The molecule has 1 aromatic rings. The molecule has 1 aromatic heterocycles. The minimum atomic E-state index is 0.287. The van der Waals surface area contributed by atoms with Gasteiger partial charge in [-0.05, 0) is 55.0 Å². The lowest BCUT2D eigenvalue weighted by molar-refractivity contribution is -0.132. The van der Waals surface area contributed by atoms with E-state index in [0.29, 0.717) is 18.6 Å². The van der Waals surface area contributed by atoms with E-state index in [1.165, 1.54) is 0 Å². The van der Waals surface area contributed by atoms with E-state index in [1.54, 1.807) is 11.3 Å². The molecule has 0 N–H and O–H groups in total. The zero-order valence-electron chi connectivity index (χ0n) is 14.2. The maximum Gasteiger partial charge on any atom is 0.227 e. The van der Waals surface area contributed by atoms with Crippen molar-refractivity contribution in [3.8, 4) is 0 Å². The third-order valence-corrected chi connectivity index (χ3v) is 5.65. The third-order valence-electron chi connectivity index (χ3n) is 4.91. The largest absolute Gasteiger partial charge is 0.373 e. The summed E-state index contributed by atoms with van der Waals surface area (Å²) in [7, 11) is 0. The van der Waals surface area contributed by atoms with Crippen LogP contribution in [0.5, 0.6) is 0 Å². The maximum atomic E-state index is 12.4. The highest BCUT2D eigenvalue weighted by atomic mass is 32.1. The Morgan fingerprint density at radius 2 is 1.96 bits per heavy atom. The van der Waals surface area contributed by atoms with E-state index in [0.717, 1.165) is 57.0 Å². The Kier molecular flexibility index (Phi) is 5.72. The summed E-state index contributed by atoms with van der Waals surface area (Å²) in [5, 5.41) is 4.12. The van der Waals surface area contributed by atoms with Crippen LogP contribution in [0.1, 0.15) is 32.3 Å². The van der Waals surface area contributed by atoms with Crippen LogP contribution in [-0.4, -0.2) is 60.6 Å². The van der Waals surface area contributed by atoms with Crippen LogP contribution < -0.4 is 0 Å². The van der Waals surface area contributed by atoms with Crippen LogP contribution in [0.25, 0.3) is 0 Å². The van der Waals surface area contributed by atoms with Crippen LogP contribution in [0.4, 0.5) is 0 Å². The van der Waals surface area contributed by atoms with Crippen molar-refractivity contribution in [3.63, 3.8) is 0 Å². The van der Waals surface area contributed by atoms with E-state index in [2.05, 4.69) is 35.1 Å². The molecule has 2 unspecified atom stereocenters. The van der Waals surface area contributed by atoms with Crippen LogP contribution in [0.15, 0.2) is 16.8 Å². The summed E-state index contributed by atoms with van der Waals surface area (Å²) in [5.74, 6) is 1.01. The summed E-state index contributed by atoms with van der Waals surface area (Å²) in [6.45, 7) is 9.41. The fourth-order valence-corrected chi connectivity index (χ4v) is 4.51. The fraction of sp³-hybridized carbons (Fsp3) is 0.722. The van der Waals surface area contributed by atoms with E-state index in [-0.39, 0.29) is 5.91 Å². The molecule has 2 fully saturated rings. The van der Waals surface area contributed by atoms with Crippen molar-refractivity contribution in [1.29, 1.82) is 0 Å². The summed E-state index contributed by atoms with van der Waals surface area (Å²) in [6, 6.07) is 2.05. The first-order valence-electron chi connectivity index (χ1n) is 8.77. The average Bonchev–Trinajstić information content (AvgIpc) is 3.00. The molecule has 2 atom stereocenters. The Labute approximate surface area is 143 Å². The van der Waals surface area contributed by atoms with Gasteiger partial charge >= 0.3 is 0 Å². The number of rotatable bonds is 4. The van der Waals surface area contributed by atoms with E-state index in [4.69, 9.17) is 4.74 Å². The van der Waals surface area contributed by atoms with Crippen LogP contribution in [0, 0.1) is 5.92 Å². The zero-order chi connectivity index (χ0) is 16.2. The minimum Gasteiger partial charge on any atom is -0.373 e. The van der Waals surface area contributed by atoms with Crippen LogP contribution in [0.3, 0.4) is 0 Å². The highest BCUT2D eigenvalue weighted by Gasteiger charge is 2.27. The molecular formula is C18H28N2O2S. The lowest BCUT2D eigenvalue weighted by Crippen LogP contribution is -2.48. The molecule has 0 spiro atoms. The smallest absolute Gasteiger partial charge is 0.227 e. The van der Waals surface area contributed by atoms with Crippen molar-refractivity contribution < 1.29 is 9.53 Å². The second kappa shape index (κ2) is 7.77. The van der Waals surface area contributed by atoms with Crippen molar-refractivity contribution in [2.24, 2.45) is 5.92 Å². The van der Waals surface area contributed by atoms with Gasteiger partial charge in [-0.1, -0.05) is 0 Å². The molecule has 128 valence electrons. The Morgan fingerprint density at radius 1 is 1.26 bits per heavy atom. The Balaban J connectivity index is 1.42. The van der Waals surface area contributed by atoms with E-state index in [9.17, 15) is 4.79 Å². The molecule has 0 bridgehead atoms. The number of carbonyl (C=O) groups is 1. The summed E-state index contributed by atoms with van der Waals surface area (Å²) < 4.78 is 5.81. The molecule has 2 aliphatic heterocycles. The van der Waals surface area contributed by atoms with Crippen LogP contribution in [-0.2, 0) is 16.0 Å². The molecule has 0 aromatic carbocycles. The van der Waals surface area contributed by atoms with E-state index >= 15 is 0 Å². The van der Waals surface area contributed by atoms with Gasteiger partial charge in [0.1, 0.15) is 0 Å². The molecule has 0 radical (unpaired) electrons. The fourth-order valence-electron chi connectivity index (χ4n) is 3.84. The molecule has 0 saturated carbocycles. The predicted molar refractivity (Wildman–Crippen MR) is 93.8 cm³/mol. The highest BCUT2D eigenvalue weighted by Crippen LogP contribution is 2.21. The molecule has 5 heteroatoms. The predicted octanol–water partition coefficient (Wildman–Crippen LogP) is 2.64. The molecule has 1 amide bonds. The number of thiophene rings is 1. The number of piperidine rings is 1. The Bertz CT molecular complexity index is 487. The molecule has 4 nitrogen and oxygen atoms in total. The summed E-state index contributed by atoms with van der Waals surface area (Å²) in [4.78, 5) is 17.0. The number of ether oxygens (including phenoxy) is 1. The summed E-state index contributed by atoms with van der Waals surface area (Å²) in [6.07, 6.45) is 3.51. The van der Waals surface area contributed by atoms with Gasteiger partial charge in [0, 0.05) is 32.7 Å². The van der Waals surface area contributed by atoms with E-state index in [1.807, 2.05) is 5.38 Å². The lowest BCUT2D eigenvalue weighted by atomic mass is 9.95. The number of hydrogen-bond acceptors (Lipinski definition) is 4. The van der Waals surface area contributed by atoms with Gasteiger partial charge in [-0.3, -0.25) is 9.69 Å². The summed E-state index contributed by atoms with van der Waals surface area (Å²) in [5.41, 5.74) is 1.15. The first-order chi connectivity index (χ1) is 11.1. The average molecular weight is 337 g/mol. The van der Waals surface area contributed by atoms with Crippen molar-refractivity contribution in [3.05, 3.63) is 22.4 Å². The zero-order valence-corrected chi connectivity index (χ0v) is 15.1. The van der Waals surface area contributed by atoms with E-state index < -0.39 is 0 Å². The van der Waals surface area contributed by atoms with Crippen molar-refractivity contribution in [2.45, 2.75) is 45.3 Å². The second-order valence-corrected chi connectivity index (χ2v) is 7.89. The first-order valence-corrected chi connectivity index (χ1v) is 9.71. The van der Waals surface area contributed by atoms with Gasteiger partial charge in [0.15, 0.2) is 0 Å². The maximum absolute atomic E-state index is 12.4. The third kappa shape index (κ3) is 4.78. The number of morpholine rings is 1. The number of nitrogens with zero attached hydrogens (tertiary/aromatic N) is 2. The number of hydrogen-bond donors (Lipinski definition) is 0. The summed E-state index contributed by atoms with van der Waals surface area (Å²) >= 11 is 1.66. The number of amides is 1. The second-order valence-electron chi connectivity index (χ2n) is 7.11. The van der Waals surface area contributed by atoms with Crippen molar-refractivity contribution >= 4 is 17.2 Å². The van der Waals surface area contributed by atoms with Gasteiger partial charge in [0.05, 0.1) is 18.6 Å². The first kappa shape index (κ1) is 16.9.